The van der Waals surface area contributed by atoms with Crippen LogP contribution < -0.4 is 11.1 Å². The first-order chi connectivity index (χ1) is 7.86. The van der Waals surface area contributed by atoms with Gasteiger partial charge >= 0.3 is 0 Å². The zero-order chi connectivity index (χ0) is 13.1. The Balaban J connectivity index is 0.00000289. The van der Waals surface area contributed by atoms with E-state index in [4.69, 9.17) is 5.73 Å². The maximum atomic E-state index is 11.5. The molecule has 0 radical (unpaired) electrons. The zero-order valence-corrected chi connectivity index (χ0v) is 13.0. The summed E-state index contributed by atoms with van der Waals surface area (Å²) < 4.78 is 0. The number of amides is 1. The summed E-state index contributed by atoms with van der Waals surface area (Å²) in [5.74, 6) is 0.791. The SMILES string of the molecule is CCC(C)(C)C1CCC(NC(=O)C(C)N)CC1.Cl. The molecule has 18 heavy (non-hydrogen) atoms. The van der Waals surface area contributed by atoms with Crippen molar-refractivity contribution in [2.24, 2.45) is 17.1 Å². The summed E-state index contributed by atoms with van der Waals surface area (Å²) >= 11 is 0. The van der Waals surface area contributed by atoms with Gasteiger partial charge in [-0.05, 0) is 43.9 Å². The molecular weight excluding hydrogens is 248 g/mol. The Kier molecular flexibility index (Phi) is 7.23. The van der Waals surface area contributed by atoms with Crippen LogP contribution in [0.25, 0.3) is 0 Å². The molecule has 1 aliphatic rings. The van der Waals surface area contributed by atoms with Crippen LogP contribution in [0.15, 0.2) is 0 Å². The minimum Gasteiger partial charge on any atom is -0.352 e. The summed E-state index contributed by atoms with van der Waals surface area (Å²) in [6.07, 6.45) is 5.89. The minimum absolute atomic E-state index is 0. The normalized spacial score (nSPS) is 26.1. The van der Waals surface area contributed by atoms with Crippen LogP contribution in [-0.4, -0.2) is 18.0 Å². The number of carbonyl (C=O) groups excluding carboxylic acids is 1. The fourth-order valence-electron chi connectivity index (χ4n) is 2.64. The maximum absolute atomic E-state index is 11.5. The smallest absolute Gasteiger partial charge is 0.236 e. The first kappa shape index (κ1) is 17.7. The molecule has 1 aliphatic carbocycles. The molecule has 1 rings (SSSR count). The molecule has 0 spiro atoms. The second-order valence-corrected chi connectivity index (χ2v) is 6.19. The molecule has 1 amide bonds. The van der Waals surface area contributed by atoms with E-state index >= 15 is 0 Å². The zero-order valence-electron chi connectivity index (χ0n) is 12.2. The highest BCUT2D eigenvalue weighted by molar-refractivity contribution is 5.85. The quantitative estimate of drug-likeness (QED) is 0.830. The Morgan fingerprint density at radius 2 is 1.83 bits per heavy atom. The first-order valence-electron chi connectivity index (χ1n) is 6.92. The van der Waals surface area contributed by atoms with E-state index in [0.717, 1.165) is 18.8 Å². The van der Waals surface area contributed by atoms with Crippen molar-refractivity contribution in [2.45, 2.75) is 71.9 Å². The van der Waals surface area contributed by atoms with Crippen LogP contribution in [0.5, 0.6) is 0 Å². The molecule has 0 saturated heterocycles. The van der Waals surface area contributed by atoms with Gasteiger partial charge in [-0.2, -0.15) is 0 Å². The number of nitrogens with one attached hydrogen (secondary N) is 1. The van der Waals surface area contributed by atoms with Crippen molar-refractivity contribution < 1.29 is 4.79 Å². The van der Waals surface area contributed by atoms with Crippen LogP contribution in [0.4, 0.5) is 0 Å². The summed E-state index contributed by atoms with van der Waals surface area (Å²) in [6.45, 7) is 8.72. The van der Waals surface area contributed by atoms with Crippen molar-refractivity contribution in [3.8, 4) is 0 Å². The Bertz CT molecular complexity index is 259. The number of hydrogen-bond donors (Lipinski definition) is 2. The van der Waals surface area contributed by atoms with Crippen LogP contribution in [0.1, 0.15) is 59.8 Å². The average molecular weight is 277 g/mol. The van der Waals surface area contributed by atoms with Crippen molar-refractivity contribution in [2.75, 3.05) is 0 Å². The van der Waals surface area contributed by atoms with Gasteiger partial charge in [0.15, 0.2) is 0 Å². The molecule has 3 N–H and O–H groups in total. The summed E-state index contributed by atoms with van der Waals surface area (Å²) in [5.41, 5.74) is 6.00. The molecule has 1 atom stereocenters. The van der Waals surface area contributed by atoms with Gasteiger partial charge in [0.2, 0.25) is 5.91 Å². The van der Waals surface area contributed by atoms with E-state index in [0.29, 0.717) is 11.5 Å². The Morgan fingerprint density at radius 1 is 1.33 bits per heavy atom. The Hall–Kier alpha value is -0.280. The van der Waals surface area contributed by atoms with Crippen molar-refractivity contribution in [1.82, 2.24) is 5.32 Å². The molecule has 0 bridgehead atoms. The molecule has 108 valence electrons. The van der Waals surface area contributed by atoms with Gasteiger partial charge in [-0.15, -0.1) is 12.4 Å². The van der Waals surface area contributed by atoms with Gasteiger partial charge in [-0.25, -0.2) is 0 Å². The van der Waals surface area contributed by atoms with Gasteiger partial charge < -0.3 is 11.1 Å². The average Bonchev–Trinajstić information content (AvgIpc) is 2.29. The lowest BCUT2D eigenvalue weighted by Gasteiger charge is -2.39. The fourth-order valence-corrected chi connectivity index (χ4v) is 2.64. The lowest BCUT2D eigenvalue weighted by atomic mass is 9.69. The topological polar surface area (TPSA) is 55.1 Å². The van der Waals surface area contributed by atoms with Crippen molar-refractivity contribution in [1.29, 1.82) is 0 Å². The number of nitrogens with two attached hydrogens (primary N) is 1. The molecule has 1 unspecified atom stereocenters. The molecule has 0 aromatic carbocycles. The molecule has 1 saturated carbocycles. The third kappa shape index (κ3) is 4.77. The Morgan fingerprint density at radius 3 is 2.22 bits per heavy atom. The lowest BCUT2D eigenvalue weighted by molar-refractivity contribution is -0.123. The van der Waals surface area contributed by atoms with Crippen LogP contribution in [-0.2, 0) is 4.79 Å². The van der Waals surface area contributed by atoms with Gasteiger partial charge in [0, 0.05) is 6.04 Å². The van der Waals surface area contributed by atoms with Crippen LogP contribution >= 0.6 is 12.4 Å². The molecule has 0 aromatic rings. The molecule has 0 aromatic heterocycles. The highest BCUT2D eigenvalue weighted by Gasteiger charge is 2.32. The van der Waals surface area contributed by atoms with E-state index in [1.807, 2.05) is 0 Å². The molecular formula is C14H29ClN2O. The maximum Gasteiger partial charge on any atom is 0.236 e. The monoisotopic (exact) mass is 276 g/mol. The Labute approximate surface area is 118 Å². The van der Waals surface area contributed by atoms with E-state index in [1.54, 1.807) is 6.92 Å². The summed E-state index contributed by atoms with van der Waals surface area (Å²) in [6, 6.07) is -0.0442. The van der Waals surface area contributed by atoms with Crippen molar-refractivity contribution >= 4 is 18.3 Å². The number of halogens is 1. The van der Waals surface area contributed by atoms with Gasteiger partial charge in [-0.3, -0.25) is 4.79 Å². The third-order valence-electron chi connectivity index (χ3n) is 4.50. The third-order valence-corrected chi connectivity index (χ3v) is 4.50. The predicted octanol–water partition coefficient (Wildman–Crippen LogP) is 2.87. The molecule has 4 heteroatoms. The van der Waals surface area contributed by atoms with Gasteiger partial charge in [0.1, 0.15) is 0 Å². The second kappa shape index (κ2) is 7.34. The highest BCUT2D eigenvalue weighted by Crippen LogP contribution is 2.40. The van der Waals surface area contributed by atoms with E-state index < -0.39 is 0 Å². The van der Waals surface area contributed by atoms with E-state index in [-0.39, 0.29) is 24.4 Å². The first-order valence-corrected chi connectivity index (χ1v) is 6.92. The molecule has 3 nitrogen and oxygen atoms in total. The van der Waals surface area contributed by atoms with Gasteiger partial charge in [0.05, 0.1) is 6.04 Å². The van der Waals surface area contributed by atoms with E-state index in [1.165, 1.54) is 19.3 Å². The molecule has 0 aliphatic heterocycles. The highest BCUT2D eigenvalue weighted by atomic mass is 35.5. The van der Waals surface area contributed by atoms with Crippen LogP contribution in [0.3, 0.4) is 0 Å². The summed E-state index contributed by atoms with van der Waals surface area (Å²) in [4.78, 5) is 11.5. The fraction of sp³-hybridized carbons (Fsp3) is 0.929. The summed E-state index contributed by atoms with van der Waals surface area (Å²) in [7, 11) is 0. The molecule has 0 heterocycles. The van der Waals surface area contributed by atoms with Crippen molar-refractivity contribution in [3.63, 3.8) is 0 Å². The van der Waals surface area contributed by atoms with Crippen LogP contribution in [0.2, 0.25) is 0 Å². The second-order valence-electron chi connectivity index (χ2n) is 6.19. The number of carbonyl (C=O) groups is 1. The van der Waals surface area contributed by atoms with Crippen LogP contribution in [0, 0.1) is 11.3 Å². The predicted molar refractivity (Wildman–Crippen MR) is 78.9 cm³/mol. The van der Waals surface area contributed by atoms with E-state index in [2.05, 4.69) is 26.1 Å². The number of hydrogen-bond acceptors (Lipinski definition) is 2. The standard InChI is InChI=1S/C14H28N2O.ClH/c1-5-14(3,4)11-6-8-12(9-7-11)16-13(17)10(2)15;/h10-12H,5-9,15H2,1-4H3,(H,16,17);1H. The largest absolute Gasteiger partial charge is 0.352 e. The van der Waals surface area contributed by atoms with E-state index in [9.17, 15) is 4.79 Å². The van der Waals surface area contributed by atoms with Gasteiger partial charge in [0.25, 0.3) is 0 Å². The minimum atomic E-state index is -0.389. The number of rotatable bonds is 4. The van der Waals surface area contributed by atoms with Gasteiger partial charge in [-0.1, -0.05) is 27.2 Å². The summed E-state index contributed by atoms with van der Waals surface area (Å²) in [5, 5.41) is 3.04. The lowest BCUT2D eigenvalue weighted by Crippen LogP contribution is -2.45. The molecule has 1 fully saturated rings. The van der Waals surface area contributed by atoms with Crippen molar-refractivity contribution in [3.05, 3.63) is 0 Å².